The molecule has 1 aliphatic rings. The molecular weight excluding hydrogens is 238 g/mol. The van der Waals surface area contributed by atoms with Gasteiger partial charge in [0.1, 0.15) is 0 Å². The first-order chi connectivity index (χ1) is 8.52. The maximum atomic E-state index is 11.5. The average molecular weight is 253 g/mol. The molecular formula is C10H15N5O3. The Kier molecular flexibility index (Phi) is 3.17. The van der Waals surface area contributed by atoms with E-state index in [9.17, 15) is 15.3 Å². The van der Waals surface area contributed by atoms with Gasteiger partial charge in [0, 0.05) is 13.1 Å². The van der Waals surface area contributed by atoms with Crippen molar-refractivity contribution in [3.8, 4) is 0 Å². The van der Waals surface area contributed by atoms with E-state index in [-0.39, 0.29) is 23.1 Å². The Hall–Kier alpha value is -2.12. The summed E-state index contributed by atoms with van der Waals surface area (Å²) in [5.41, 5.74) is 5.22. The molecule has 0 unspecified atom stereocenters. The van der Waals surface area contributed by atoms with Crippen molar-refractivity contribution in [3.63, 3.8) is 0 Å². The summed E-state index contributed by atoms with van der Waals surface area (Å²) in [5, 5.41) is 22.6. The van der Waals surface area contributed by atoms with Crippen molar-refractivity contribution < 1.29 is 9.65 Å². The van der Waals surface area contributed by atoms with Gasteiger partial charge in [-0.1, -0.05) is 0 Å². The second-order valence-electron chi connectivity index (χ2n) is 4.33. The summed E-state index contributed by atoms with van der Waals surface area (Å²) in [7, 11) is 0. The SMILES string of the molecule is Cc1c([N+](=O)[O-])c(N2CCCCC2)nc(N)[n+]1[O-]. The van der Waals surface area contributed by atoms with Gasteiger partial charge in [-0.25, -0.2) is 4.73 Å². The highest BCUT2D eigenvalue weighted by atomic mass is 16.6. The molecule has 1 aromatic rings. The zero-order valence-electron chi connectivity index (χ0n) is 10.1. The Morgan fingerprint density at radius 2 is 2.00 bits per heavy atom. The number of hydrogen-bond acceptors (Lipinski definition) is 6. The molecule has 0 bridgehead atoms. The van der Waals surface area contributed by atoms with E-state index in [0.717, 1.165) is 19.3 Å². The molecule has 1 aromatic heterocycles. The highest BCUT2D eigenvalue weighted by Crippen LogP contribution is 2.30. The second kappa shape index (κ2) is 4.63. The number of nitrogens with two attached hydrogens (primary N) is 1. The fourth-order valence-corrected chi connectivity index (χ4v) is 2.18. The van der Waals surface area contributed by atoms with Gasteiger partial charge in [-0.05, 0) is 31.2 Å². The van der Waals surface area contributed by atoms with Crippen LogP contribution in [0.3, 0.4) is 0 Å². The van der Waals surface area contributed by atoms with E-state index in [2.05, 4.69) is 4.98 Å². The third kappa shape index (κ3) is 2.01. The zero-order valence-corrected chi connectivity index (χ0v) is 10.1. The molecule has 18 heavy (non-hydrogen) atoms. The highest BCUT2D eigenvalue weighted by Gasteiger charge is 2.31. The number of nitro groups is 1. The predicted octanol–water partition coefficient (Wildman–Crippen LogP) is 0.504. The smallest absolute Gasteiger partial charge is 0.392 e. The van der Waals surface area contributed by atoms with Gasteiger partial charge in [-0.3, -0.25) is 15.8 Å². The number of nitrogens with zero attached hydrogens (tertiary/aromatic N) is 4. The van der Waals surface area contributed by atoms with Crippen molar-refractivity contribution in [2.24, 2.45) is 0 Å². The van der Waals surface area contributed by atoms with E-state index in [1.54, 1.807) is 0 Å². The lowest BCUT2D eigenvalue weighted by atomic mass is 10.1. The summed E-state index contributed by atoms with van der Waals surface area (Å²) in [4.78, 5) is 16.2. The van der Waals surface area contributed by atoms with Crippen LogP contribution in [-0.2, 0) is 0 Å². The number of aromatic nitrogens is 2. The lowest BCUT2D eigenvalue weighted by Gasteiger charge is -2.26. The molecule has 2 N–H and O–H groups in total. The summed E-state index contributed by atoms with van der Waals surface area (Å²) < 4.78 is 0.297. The standard InChI is InChI=1S/C10H15N5O3/c1-7-8(15(17)18)9(12-10(11)14(7)16)13-5-3-2-4-6-13/h2-6H2,1H3,(H2,11,12). The van der Waals surface area contributed by atoms with Crippen LogP contribution in [0.25, 0.3) is 0 Å². The third-order valence-corrected chi connectivity index (χ3v) is 3.13. The van der Waals surface area contributed by atoms with Gasteiger partial charge in [-0.15, -0.1) is 0 Å². The average Bonchev–Trinajstić information content (AvgIpc) is 2.36. The zero-order chi connectivity index (χ0) is 13.3. The molecule has 8 nitrogen and oxygen atoms in total. The monoisotopic (exact) mass is 253 g/mol. The van der Waals surface area contributed by atoms with Gasteiger partial charge in [0.15, 0.2) is 5.69 Å². The summed E-state index contributed by atoms with van der Waals surface area (Å²) >= 11 is 0. The topological polar surface area (TPSA) is 112 Å². The van der Waals surface area contributed by atoms with Gasteiger partial charge in [0.2, 0.25) is 0 Å². The first-order valence-corrected chi connectivity index (χ1v) is 5.81. The molecule has 0 radical (unpaired) electrons. The van der Waals surface area contributed by atoms with Crippen molar-refractivity contribution >= 4 is 17.5 Å². The number of anilines is 2. The van der Waals surface area contributed by atoms with Crippen molar-refractivity contribution in [2.45, 2.75) is 26.2 Å². The number of nitrogen functional groups attached to an aromatic ring is 1. The Labute approximate surface area is 104 Å². The van der Waals surface area contributed by atoms with E-state index in [1.807, 2.05) is 4.90 Å². The van der Waals surface area contributed by atoms with E-state index >= 15 is 0 Å². The van der Waals surface area contributed by atoms with Crippen molar-refractivity contribution in [1.29, 1.82) is 0 Å². The third-order valence-electron chi connectivity index (χ3n) is 3.13. The summed E-state index contributed by atoms with van der Waals surface area (Å²) in [6, 6.07) is 0. The van der Waals surface area contributed by atoms with Crippen LogP contribution in [0, 0.1) is 22.2 Å². The molecule has 0 spiro atoms. The van der Waals surface area contributed by atoms with Crippen LogP contribution in [0.5, 0.6) is 0 Å². The lowest BCUT2D eigenvalue weighted by molar-refractivity contribution is -0.604. The normalized spacial score (nSPS) is 15.7. The summed E-state index contributed by atoms with van der Waals surface area (Å²) in [6.45, 7) is 2.79. The van der Waals surface area contributed by atoms with Crippen molar-refractivity contribution in [3.05, 3.63) is 21.0 Å². The first kappa shape index (κ1) is 12.3. The number of hydrogen-bond donors (Lipinski definition) is 1. The molecule has 0 saturated carbocycles. The lowest BCUT2D eigenvalue weighted by Crippen LogP contribution is -2.39. The van der Waals surface area contributed by atoms with Gasteiger partial charge in [0.05, 0.1) is 4.92 Å². The van der Waals surface area contributed by atoms with E-state index in [0.29, 0.717) is 17.8 Å². The maximum Gasteiger partial charge on any atom is 0.392 e. The highest BCUT2D eigenvalue weighted by molar-refractivity contribution is 5.60. The molecule has 8 heteroatoms. The van der Waals surface area contributed by atoms with Crippen molar-refractivity contribution in [2.75, 3.05) is 23.7 Å². The van der Waals surface area contributed by atoms with Crippen LogP contribution in [0.15, 0.2) is 0 Å². The van der Waals surface area contributed by atoms with E-state index in [4.69, 9.17) is 5.73 Å². The Balaban J connectivity index is 2.53. The molecule has 0 aliphatic carbocycles. The van der Waals surface area contributed by atoms with E-state index < -0.39 is 4.92 Å². The van der Waals surface area contributed by atoms with Crippen LogP contribution < -0.4 is 15.4 Å². The fraction of sp³-hybridized carbons (Fsp3) is 0.600. The number of rotatable bonds is 2. The molecule has 2 rings (SSSR count). The fourth-order valence-electron chi connectivity index (χ4n) is 2.18. The minimum absolute atomic E-state index is 0.0203. The molecule has 2 heterocycles. The largest absolute Gasteiger partial charge is 0.740 e. The van der Waals surface area contributed by atoms with Gasteiger partial charge < -0.3 is 10.1 Å². The minimum Gasteiger partial charge on any atom is -0.740 e. The first-order valence-electron chi connectivity index (χ1n) is 5.81. The molecule has 1 saturated heterocycles. The molecule has 0 amide bonds. The van der Waals surface area contributed by atoms with Crippen LogP contribution in [-0.4, -0.2) is 23.0 Å². The van der Waals surface area contributed by atoms with Crippen LogP contribution in [0.1, 0.15) is 25.0 Å². The molecule has 0 atom stereocenters. The second-order valence-corrected chi connectivity index (χ2v) is 4.33. The molecule has 0 aromatic carbocycles. The molecule has 98 valence electrons. The van der Waals surface area contributed by atoms with Gasteiger partial charge in [-0.2, -0.15) is 0 Å². The summed E-state index contributed by atoms with van der Waals surface area (Å²) in [5.74, 6) is -0.0412. The Bertz CT molecular complexity index is 485. The van der Waals surface area contributed by atoms with E-state index in [1.165, 1.54) is 6.92 Å². The maximum absolute atomic E-state index is 11.5. The quantitative estimate of drug-likeness (QED) is 0.355. The minimum atomic E-state index is -0.569. The van der Waals surface area contributed by atoms with Crippen LogP contribution >= 0.6 is 0 Å². The number of piperidine rings is 1. The molecule has 1 aliphatic heterocycles. The molecule has 1 fully saturated rings. The van der Waals surface area contributed by atoms with Gasteiger partial charge in [0.25, 0.3) is 5.82 Å². The van der Waals surface area contributed by atoms with Gasteiger partial charge >= 0.3 is 11.6 Å². The Morgan fingerprint density at radius 3 is 2.56 bits per heavy atom. The Morgan fingerprint density at radius 1 is 1.39 bits per heavy atom. The van der Waals surface area contributed by atoms with Crippen LogP contribution in [0.2, 0.25) is 0 Å². The predicted molar refractivity (Wildman–Crippen MR) is 65.1 cm³/mol. The summed E-state index contributed by atoms with van der Waals surface area (Å²) in [6.07, 6.45) is 3.03. The van der Waals surface area contributed by atoms with Crippen LogP contribution in [0.4, 0.5) is 17.5 Å². The van der Waals surface area contributed by atoms with Crippen molar-refractivity contribution in [1.82, 2.24) is 4.98 Å².